The van der Waals surface area contributed by atoms with E-state index in [1.54, 1.807) is 0 Å². The molecule has 0 atom stereocenters. The van der Waals surface area contributed by atoms with Crippen LogP contribution in [0.15, 0.2) is 36.4 Å². The number of urea groups is 1. The summed E-state index contributed by atoms with van der Waals surface area (Å²) >= 11 is 0. The first-order chi connectivity index (χ1) is 11.0. The Hall–Kier alpha value is -2.63. The molecule has 0 bridgehead atoms. The van der Waals surface area contributed by atoms with Crippen LogP contribution in [0.5, 0.6) is 5.75 Å². The molecule has 0 unspecified atom stereocenters. The van der Waals surface area contributed by atoms with Gasteiger partial charge in [0.2, 0.25) is 0 Å². The SMILES string of the molecule is Cc1cccc(OCCNC(=O)Nc2ccc(F)c(F)c2)c1C. The fraction of sp³-hybridized carbons (Fsp3) is 0.235. The summed E-state index contributed by atoms with van der Waals surface area (Å²) in [5, 5.41) is 5.00. The van der Waals surface area contributed by atoms with Gasteiger partial charge in [0.05, 0.1) is 6.54 Å². The second-order valence-corrected chi connectivity index (χ2v) is 5.06. The number of nitrogens with one attached hydrogen (secondary N) is 2. The van der Waals surface area contributed by atoms with E-state index in [1.807, 2.05) is 32.0 Å². The molecule has 2 amide bonds. The molecule has 4 nitrogen and oxygen atoms in total. The lowest BCUT2D eigenvalue weighted by Gasteiger charge is -2.12. The molecule has 2 rings (SSSR count). The van der Waals surface area contributed by atoms with Crippen LogP contribution < -0.4 is 15.4 Å². The molecule has 0 saturated heterocycles. The van der Waals surface area contributed by atoms with E-state index in [9.17, 15) is 13.6 Å². The van der Waals surface area contributed by atoms with E-state index >= 15 is 0 Å². The van der Waals surface area contributed by atoms with Gasteiger partial charge in [0.25, 0.3) is 0 Å². The van der Waals surface area contributed by atoms with Gasteiger partial charge < -0.3 is 15.4 Å². The van der Waals surface area contributed by atoms with Gasteiger partial charge in [-0.2, -0.15) is 0 Å². The number of carbonyl (C=O) groups is 1. The van der Waals surface area contributed by atoms with Gasteiger partial charge in [0.1, 0.15) is 12.4 Å². The second-order valence-electron chi connectivity index (χ2n) is 5.06. The van der Waals surface area contributed by atoms with Crippen molar-refractivity contribution in [2.45, 2.75) is 13.8 Å². The Labute approximate surface area is 133 Å². The summed E-state index contributed by atoms with van der Waals surface area (Å²) in [4.78, 5) is 11.6. The van der Waals surface area contributed by atoms with Crippen LogP contribution in [-0.2, 0) is 0 Å². The molecule has 0 aliphatic heterocycles. The highest BCUT2D eigenvalue weighted by Crippen LogP contribution is 2.20. The van der Waals surface area contributed by atoms with E-state index < -0.39 is 17.7 Å². The highest BCUT2D eigenvalue weighted by molar-refractivity contribution is 5.89. The molecule has 122 valence electrons. The summed E-state index contributed by atoms with van der Waals surface area (Å²) in [6.07, 6.45) is 0. The number of anilines is 1. The van der Waals surface area contributed by atoms with Crippen molar-refractivity contribution in [1.82, 2.24) is 5.32 Å². The molecule has 0 aromatic heterocycles. The lowest BCUT2D eigenvalue weighted by Crippen LogP contribution is -2.32. The number of rotatable bonds is 5. The predicted octanol–water partition coefficient (Wildman–Crippen LogP) is 3.78. The summed E-state index contributed by atoms with van der Waals surface area (Å²) in [7, 11) is 0. The van der Waals surface area contributed by atoms with Crippen molar-refractivity contribution >= 4 is 11.7 Å². The van der Waals surface area contributed by atoms with Crippen LogP contribution in [0.2, 0.25) is 0 Å². The lowest BCUT2D eigenvalue weighted by atomic mass is 10.1. The molecule has 0 aliphatic carbocycles. The molecule has 2 aromatic carbocycles. The van der Waals surface area contributed by atoms with Crippen LogP contribution in [0.1, 0.15) is 11.1 Å². The minimum atomic E-state index is -1.01. The lowest BCUT2D eigenvalue weighted by molar-refractivity contribution is 0.247. The van der Waals surface area contributed by atoms with E-state index in [-0.39, 0.29) is 12.2 Å². The minimum absolute atomic E-state index is 0.178. The first-order valence-electron chi connectivity index (χ1n) is 7.16. The standard InChI is InChI=1S/C17H18F2N2O2/c1-11-4-3-5-16(12(11)2)23-9-8-20-17(22)21-13-6-7-14(18)15(19)10-13/h3-7,10H,8-9H2,1-2H3,(H2,20,21,22). The topological polar surface area (TPSA) is 50.4 Å². The molecular weight excluding hydrogens is 302 g/mol. The van der Waals surface area contributed by atoms with Gasteiger partial charge in [-0.1, -0.05) is 12.1 Å². The molecule has 2 aromatic rings. The first kappa shape index (κ1) is 16.7. The van der Waals surface area contributed by atoms with Crippen molar-refractivity contribution in [2.75, 3.05) is 18.5 Å². The van der Waals surface area contributed by atoms with Crippen molar-refractivity contribution < 1.29 is 18.3 Å². The zero-order valence-corrected chi connectivity index (χ0v) is 13.0. The van der Waals surface area contributed by atoms with Crippen molar-refractivity contribution in [3.63, 3.8) is 0 Å². The Balaban J connectivity index is 1.76. The highest BCUT2D eigenvalue weighted by Gasteiger charge is 2.06. The Morgan fingerprint density at radius 2 is 1.91 bits per heavy atom. The third-order valence-corrected chi connectivity index (χ3v) is 3.38. The number of hydrogen-bond acceptors (Lipinski definition) is 2. The summed E-state index contributed by atoms with van der Waals surface area (Å²) in [6.45, 7) is 4.54. The highest BCUT2D eigenvalue weighted by atomic mass is 19.2. The zero-order chi connectivity index (χ0) is 16.8. The number of carbonyl (C=O) groups excluding carboxylic acids is 1. The third-order valence-electron chi connectivity index (χ3n) is 3.38. The number of ether oxygens (including phenoxy) is 1. The summed E-state index contributed by atoms with van der Waals surface area (Å²) in [5.41, 5.74) is 2.36. The Bertz CT molecular complexity index is 705. The van der Waals surface area contributed by atoms with E-state index in [1.165, 1.54) is 6.07 Å². The fourth-order valence-electron chi connectivity index (χ4n) is 1.96. The van der Waals surface area contributed by atoms with E-state index in [4.69, 9.17) is 4.74 Å². The summed E-state index contributed by atoms with van der Waals surface area (Å²) < 4.78 is 31.4. The minimum Gasteiger partial charge on any atom is -0.491 e. The molecular formula is C17H18F2N2O2. The molecule has 0 radical (unpaired) electrons. The molecule has 0 aliphatic rings. The third kappa shape index (κ3) is 4.67. The molecule has 0 spiro atoms. The fourth-order valence-corrected chi connectivity index (χ4v) is 1.96. The number of halogens is 2. The molecule has 2 N–H and O–H groups in total. The zero-order valence-electron chi connectivity index (χ0n) is 13.0. The Morgan fingerprint density at radius 3 is 2.65 bits per heavy atom. The van der Waals surface area contributed by atoms with Crippen LogP contribution in [0.4, 0.5) is 19.3 Å². The maximum atomic E-state index is 13.0. The molecule has 23 heavy (non-hydrogen) atoms. The van der Waals surface area contributed by atoms with Gasteiger partial charge in [0, 0.05) is 11.8 Å². The number of aryl methyl sites for hydroxylation is 1. The van der Waals surface area contributed by atoms with Crippen LogP contribution >= 0.6 is 0 Å². The van der Waals surface area contributed by atoms with Crippen molar-refractivity contribution in [2.24, 2.45) is 0 Å². The van der Waals surface area contributed by atoms with Crippen LogP contribution in [0.25, 0.3) is 0 Å². The number of hydrogen-bond donors (Lipinski definition) is 2. The second kappa shape index (κ2) is 7.58. The average molecular weight is 320 g/mol. The predicted molar refractivity (Wildman–Crippen MR) is 84.8 cm³/mol. The first-order valence-corrected chi connectivity index (χ1v) is 7.16. The van der Waals surface area contributed by atoms with Crippen LogP contribution in [0, 0.1) is 25.5 Å². The van der Waals surface area contributed by atoms with Gasteiger partial charge in [-0.05, 0) is 43.2 Å². The summed E-state index contributed by atoms with van der Waals surface area (Å²) in [6, 6.07) is 8.40. The Kier molecular flexibility index (Phi) is 5.51. The van der Waals surface area contributed by atoms with Gasteiger partial charge in [-0.15, -0.1) is 0 Å². The van der Waals surface area contributed by atoms with Crippen LogP contribution in [0.3, 0.4) is 0 Å². The average Bonchev–Trinajstić information content (AvgIpc) is 2.51. The van der Waals surface area contributed by atoms with Gasteiger partial charge in [-0.25, -0.2) is 13.6 Å². The Morgan fingerprint density at radius 1 is 1.13 bits per heavy atom. The van der Waals surface area contributed by atoms with E-state index in [0.717, 1.165) is 29.0 Å². The maximum Gasteiger partial charge on any atom is 0.319 e. The summed E-state index contributed by atoms with van der Waals surface area (Å²) in [5.74, 6) is -1.20. The van der Waals surface area contributed by atoms with Gasteiger partial charge in [0.15, 0.2) is 11.6 Å². The smallest absolute Gasteiger partial charge is 0.319 e. The monoisotopic (exact) mass is 320 g/mol. The van der Waals surface area contributed by atoms with Gasteiger partial charge in [-0.3, -0.25) is 0 Å². The normalized spacial score (nSPS) is 10.3. The largest absolute Gasteiger partial charge is 0.491 e. The molecule has 0 fully saturated rings. The van der Waals surface area contributed by atoms with E-state index in [2.05, 4.69) is 10.6 Å². The van der Waals surface area contributed by atoms with E-state index in [0.29, 0.717) is 6.61 Å². The molecule has 0 heterocycles. The maximum absolute atomic E-state index is 13.0. The number of amides is 2. The van der Waals surface area contributed by atoms with Crippen molar-refractivity contribution in [3.8, 4) is 5.75 Å². The quantitative estimate of drug-likeness (QED) is 0.824. The van der Waals surface area contributed by atoms with Crippen molar-refractivity contribution in [3.05, 3.63) is 59.2 Å². The molecule has 6 heteroatoms. The molecule has 0 saturated carbocycles. The van der Waals surface area contributed by atoms with Crippen LogP contribution in [-0.4, -0.2) is 19.2 Å². The van der Waals surface area contributed by atoms with Crippen molar-refractivity contribution in [1.29, 1.82) is 0 Å². The number of benzene rings is 2. The van der Waals surface area contributed by atoms with Gasteiger partial charge >= 0.3 is 6.03 Å².